The van der Waals surface area contributed by atoms with Crippen LogP contribution < -0.4 is 10.1 Å². The molecule has 0 bridgehead atoms. The molecule has 1 aromatic heterocycles. The van der Waals surface area contributed by atoms with Gasteiger partial charge in [-0.05, 0) is 40.9 Å². The molecule has 2 amide bonds. The Hall–Kier alpha value is -1.86. The van der Waals surface area contributed by atoms with Crippen LogP contribution in [0.2, 0.25) is 5.02 Å². The topological polar surface area (TPSA) is 67.4 Å². The van der Waals surface area contributed by atoms with Gasteiger partial charge in [-0.25, -0.2) is 14.8 Å². The summed E-state index contributed by atoms with van der Waals surface area (Å²) in [4.78, 5) is 22.4. The highest BCUT2D eigenvalue weighted by Gasteiger charge is 2.25. The zero-order chi connectivity index (χ0) is 16.9. The summed E-state index contributed by atoms with van der Waals surface area (Å²) in [6.45, 7) is 1.16. The lowest BCUT2D eigenvalue weighted by molar-refractivity contribution is 0.0983. The number of hydrogen-bond donors (Lipinski definition) is 1. The lowest BCUT2D eigenvalue weighted by Gasteiger charge is -2.32. The molecule has 126 valence electrons. The number of piperidine rings is 1. The van der Waals surface area contributed by atoms with E-state index in [1.54, 1.807) is 29.4 Å². The molecule has 0 radical (unpaired) electrons. The first kappa shape index (κ1) is 17.0. The van der Waals surface area contributed by atoms with E-state index < -0.39 is 0 Å². The van der Waals surface area contributed by atoms with Gasteiger partial charge in [0, 0.05) is 18.9 Å². The molecule has 1 aromatic carbocycles. The Morgan fingerprint density at radius 1 is 1.33 bits per heavy atom. The van der Waals surface area contributed by atoms with E-state index in [1.165, 1.54) is 0 Å². The average Bonchev–Trinajstić information content (AvgIpc) is 2.59. The van der Waals surface area contributed by atoms with Crippen molar-refractivity contribution >= 4 is 39.2 Å². The molecule has 1 unspecified atom stereocenters. The van der Waals surface area contributed by atoms with Crippen LogP contribution in [-0.4, -0.2) is 40.1 Å². The lowest BCUT2D eigenvalue weighted by Crippen LogP contribution is -2.46. The normalized spacial score (nSPS) is 17.4. The molecule has 1 aliphatic heterocycles. The molecule has 0 saturated carbocycles. The number of ether oxygens (including phenoxy) is 1. The average molecular weight is 412 g/mol. The zero-order valence-electron chi connectivity index (χ0n) is 12.8. The fraction of sp³-hybridized carbons (Fsp3) is 0.312. The molecule has 0 aliphatic carbocycles. The number of benzene rings is 1. The lowest BCUT2D eigenvalue weighted by atomic mass is 10.1. The molecule has 2 aromatic rings. The minimum Gasteiger partial charge on any atom is -0.458 e. The number of hydrogen-bond acceptors (Lipinski definition) is 4. The highest BCUT2D eigenvalue weighted by atomic mass is 79.9. The second-order valence-corrected chi connectivity index (χ2v) is 6.74. The third-order valence-corrected chi connectivity index (χ3v) is 4.39. The van der Waals surface area contributed by atoms with Crippen LogP contribution in [-0.2, 0) is 0 Å². The summed E-state index contributed by atoms with van der Waals surface area (Å²) in [7, 11) is 0. The van der Waals surface area contributed by atoms with Crippen molar-refractivity contribution in [1.82, 2.24) is 14.9 Å². The van der Waals surface area contributed by atoms with Crippen molar-refractivity contribution in [2.45, 2.75) is 18.9 Å². The minimum absolute atomic E-state index is 0.128. The standard InChI is InChI=1S/C16H16BrClN4O2/c17-11-8-19-15(20-9-11)24-12-4-3-7-22(10-12)16(23)21-14-6-2-1-5-13(14)18/h1-2,5-6,8-9,12H,3-4,7,10H2,(H,21,23). The molecule has 3 rings (SSSR count). The number of carbonyl (C=O) groups excluding carboxylic acids is 1. The first-order valence-electron chi connectivity index (χ1n) is 7.56. The molecule has 1 N–H and O–H groups in total. The van der Waals surface area contributed by atoms with Gasteiger partial charge in [-0.15, -0.1) is 0 Å². The van der Waals surface area contributed by atoms with Gasteiger partial charge >= 0.3 is 12.0 Å². The van der Waals surface area contributed by atoms with E-state index in [0.29, 0.717) is 29.8 Å². The van der Waals surface area contributed by atoms with Gasteiger partial charge in [0.25, 0.3) is 0 Å². The van der Waals surface area contributed by atoms with Gasteiger partial charge in [-0.2, -0.15) is 0 Å². The third kappa shape index (κ3) is 4.36. The van der Waals surface area contributed by atoms with Gasteiger partial charge in [0.2, 0.25) is 0 Å². The number of urea groups is 1. The number of aromatic nitrogens is 2. The van der Waals surface area contributed by atoms with Gasteiger partial charge in [0.05, 0.1) is 21.7 Å². The van der Waals surface area contributed by atoms with Crippen LogP contribution in [0.15, 0.2) is 41.1 Å². The van der Waals surface area contributed by atoms with E-state index >= 15 is 0 Å². The number of nitrogens with zero attached hydrogens (tertiary/aromatic N) is 3. The number of carbonyl (C=O) groups is 1. The van der Waals surface area contributed by atoms with Crippen LogP contribution in [0.1, 0.15) is 12.8 Å². The summed E-state index contributed by atoms with van der Waals surface area (Å²) in [5, 5.41) is 3.35. The van der Waals surface area contributed by atoms with Gasteiger partial charge in [-0.1, -0.05) is 23.7 Å². The van der Waals surface area contributed by atoms with Crippen molar-refractivity contribution in [1.29, 1.82) is 0 Å². The Balaban J connectivity index is 1.59. The summed E-state index contributed by atoms with van der Waals surface area (Å²) in [6, 6.07) is 7.29. The number of anilines is 1. The quantitative estimate of drug-likeness (QED) is 0.830. The fourth-order valence-electron chi connectivity index (χ4n) is 2.49. The predicted octanol–water partition coefficient (Wildman–Crippen LogP) is 3.97. The van der Waals surface area contributed by atoms with E-state index in [2.05, 4.69) is 31.2 Å². The maximum absolute atomic E-state index is 12.4. The monoisotopic (exact) mass is 410 g/mol. The number of rotatable bonds is 3. The second-order valence-electron chi connectivity index (χ2n) is 5.42. The second kappa shape index (κ2) is 7.81. The number of amides is 2. The number of likely N-dealkylation sites (tertiary alicyclic amines) is 1. The minimum atomic E-state index is -0.187. The van der Waals surface area contributed by atoms with Crippen LogP contribution >= 0.6 is 27.5 Å². The molecule has 1 aliphatic rings. The van der Waals surface area contributed by atoms with Crippen LogP contribution in [0.25, 0.3) is 0 Å². The number of nitrogens with one attached hydrogen (secondary N) is 1. The van der Waals surface area contributed by atoms with Crippen LogP contribution in [0.3, 0.4) is 0 Å². The Morgan fingerprint density at radius 2 is 2.08 bits per heavy atom. The van der Waals surface area contributed by atoms with E-state index in [4.69, 9.17) is 16.3 Å². The summed E-state index contributed by atoms with van der Waals surface area (Å²) >= 11 is 9.36. The van der Waals surface area contributed by atoms with Crippen molar-refractivity contribution in [3.8, 4) is 6.01 Å². The van der Waals surface area contributed by atoms with Gasteiger partial charge < -0.3 is 15.0 Å². The summed E-state index contributed by atoms with van der Waals surface area (Å²) in [5.74, 6) is 0. The Bertz CT molecular complexity index is 713. The van der Waals surface area contributed by atoms with E-state index in [9.17, 15) is 4.79 Å². The van der Waals surface area contributed by atoms with E-state index in [0.717, 1.165) is 17.3 Å². The first-order valence-corrected chi connectivity index (χ1v) is 8.73. The van der Waals surface area contributed by atoms with Gasteiger partial charge in [-0.3, -0.25) is 0 Å². The molecule has 24 heavy (non-hydrogen) atoms. The van der Waals surface area contributed by atoms with Crippen molar-refractivity contribution in [3.63, 3.8) is 0 Å². The molecule has 2 heterocycles. The third-order valence-electron chi connectivity index (χ3n) is 3.65. The molecular formula is C16H16BrClN4O2. The Labute approximate surface area is 153 Å². The highest BCUT2D eigenvalue weighted by Crippen LogP contribution is 2.22. The zero-order valence-corrected chi connectivity index (χ0v) is 15.1. The molecule has 8 heteroatoms. The van der Waals surface area contributed by atoms with Gasteiger partial charge in [0.1, 0.15) is 6.10 Å². The Kier molecular flexibility index (Phi) is 5.52. The van der Waals surface area contributed by atoms with Crippen molar-refractivity contribution in [2.75, 3.05) is 18.4 Å². The van der Waals surface area contributed by atoms with Crippen LogP contribution in [0, 0.1) is 0 Å². The van der Waals surface area contributed by atoms with E-state index in [-0.39, 0.29) is 12.1 Å². The molecular weight excluding hydrogens is 396 g/mol. The van der Waals surface area contributed by atoms with Crippen molar-refractivity contribution in [3.05, 3.63) is 46.2 Å². The van der Waals surface area contributed by atoms with Crippen LogP contribution in [0.4, 0.5) is 10.5 Å². The Morgan fingerprint density at radius 3 is 2.83 bits per heavy atom. The summed E-state index contributed by atoms with van der Waals surface area (Å²) < 4.78 is 6.56. The van der Waals surface area contributed by atoms with Crippen LogP contribution in [0.5, 0.6) is 6.01 Å². The van der Waals surface area contributed by atoms with Crippen molar-refractivity contribution in [2.24, 2.45) is 0 Å². The maximum atomic E-state index is 12.4. The molecule has 6 nitrogen and oxygen atoms in total. The molecule has 0 spiro atoms. The SMILES string of the molecule is O=C(Nc1ccccc1Cl)N1CCCC(Oc2ncc(Br)cn2)C1. The highest BCUT2D eigenvalue weighted by molar-refractivity contribution is 9.10. The molecule has 1 atom stereocenters. The predicted molar refractivity (Wildman–Crippen MR) is 95.4 cm³/mol. The van der Waals surface area contributed by atoms with Gasteiger partial charge in [0.15, 0.2) is 0 Å². The molecule has 1 fully saturated rings. The largest absolute Gasteiger partial charge is 0.458 e. The number of para-hydroxylation sites is 1. The van der Waals surface area contributed by atoms with Crippen molar-refractivity contribution < 1.29 is 9.53 Å². The smallest absolute Gasteiger partial charge is 0.322 e. The summed E-state index contributed by atoms with van der Waals surface area (Å²) in [5.41, 5.74) is 0.600. The van der Waals surface area contributed by atoms with E-state index in [1.807, 2.05) is 12.1 Å². The fourth-order valence-corrected chi connectivity index (χ4v) is 2.87. The summed E-state index contributed by atoms with van der Waals surface area (Å²) in [6.07, 6.45) is 4.85. The first-order chi connectivity index (χ1) is 11.6. The maximum Gasteiger partial charge on any atom is 0.322 e. The number of halogens is 2. The molecule has 1 saturated heterocycles.